The first-order valence-electron chi connectivity index (χ1n) is 17.2. The molecule has 0 fully saturated rings. The number of thiophene rings is 1. The third-order valence-corrected chi connectivity index (χ3v) is 11.5. The molecule has 0 bridgehead atoms. The Morgan fingerprint density at radius 1 is 1.02 bits per heavy atom. The average molecular weight is 791 g/mol. The second kappa shape index (κ2) is 16.3. The molecule has 0 aliphatic carbocycles. The lowest BCUT2D eigenvalue weighted by Crippen LogP contribution is -2.48. The summed E-state index contributed by atoms with van der Waals surface area (Å²) in [6.45, 7) is 10.0. The Bertz CT molecular complexity index is 2180. The SMILES string of the molecule is CC(=O)Nc1cc(NCCCCNC(=O)C[C@@H]2N=C(c3ccc(Cl)cc3)c3c(sc(C)c3C)N3C(C)=NNC23)ccc1C(=O)Nc1nc(C)c([N+](=O)[O-])s1. The number of benzene rings is 2. The Hall–Kier alpha value is -5.39. The predicted molar refractivity (Wildman–Crippen MR) is 215 cm³/mol. The molecular weight excluding hydrogens is 752 g/mol. The first-order chi connectivity index (χ1) is 25.8. The number of fused-ring (bicyclic) bond motifs is 3. The number of hydrogen-bond acceptors (Lipinski definition) is 13. The first kappa shape index (κ1) is 38.3. The van der Waals surface area contributed by atoms with Gasteiger partial charge in [-0.15, -0.1) is 11.3 Å². The van der Waals surface area contributed by atoms with Gasteiger partial charge in [-0.2, -0.15) is 5.10 Å². The predicted octanol–water partition coefficient (Wildman–Crippen LogP) is 6.59. The molecule has 6 rings (SSSR count). The normalized spacial score (nSPS) is 15.9. The number of hydrogen-bond donors (Lipinski definition) is 5. The van der Waals surface area contributed by atoms with Crippen molar-refractivity contribution >= 4 is 90.1 Å². The second-order valence-electron chi connectivity index (χ2n) is 12.9. The number of nitrogens with zero attached hydrogens (tertiary/aromatic N) is 5. The van der Waals surface area contributed by atoms with E-state index in [2.05, 4.69) is 55.5 Å². The molecule has 54 heavy (non-hydrogen) atoms. The van der Waals surface area contributed by atoms with Crippen LogP contribution in [0.1, 0.15) is 70.7 Å². The van der Waals surface area contributed by atoms with Crippen LogP contribution in [0.3, 0.4) is 0 Å². The summed E-state index contributed by atoms with van der Waals surface area (Å²) in [5.41, 5.74) is 8.49. The molecule has 2 aliphatic heterocycles. The van der Waals surface area contributed by atoms with Crippen molar-refractivity contribution in [1.29, 1.82) is 0 Å². The molecule has 0 saturated heterocycles. The van der Waals surface area contributed by atoms with E-state index in [9.17, 15) is 24.5 Å². The van der Waals surface area contributed by atoms with Crippen LogP contribution in [0.4, 0.5) is 26.5 Å². The van der Waals surface area contributed by atoms with Crippen LogP contribution in [0.2, 0.25) is 5.02 Å². The minimum absolute atomic E-state index is 0.0835. The highest BCUT2D eigenvalue weighted by atomic mass is 35.5. The van der Waals surface area contributed by atoms with E-state index >= 15 is 0 Å². The van der Waals surface area contributed by atoms with Gasteiger partial charge in [-0.05, 0) is 87.8 Å². The zero-order valence-corrected chi connectivity index (χ0v) is 32.6. The van der Waals surface area contributed by atoms with E-state index in [1.807, 2.05) is 31.2 Å². The molecule has 1 unspecified atom stereocenters. The van der Waals surface area contributed by atoms with Crippen LogP contribution in [-0.4, -0.2) is 64.5 Å². The van der Waals surface area contributed by atoms with Gasteiger partial charge in [0.1, 0.15) is 22.7 Å². The maximum Gasteiger partial charge on any atom is 0.348 e. The minimum atomic E-state index is -0.569. The molecule has 2 aromatic heterocycles. The van der Waals surface area contributed by atoms with Crippen molar-refractivity contribution in [2.24, 2.45) is 10.1 Å². The minimum Gasteiger partial charge on any atom is -0.385 e. The summed E-state index contributed by atoms with van der Waals surface area (Å²) in [4.78, 5) is 61.6. The van der Waals surface area contributed by atoms with Crippen LogP contribution in [0.25, 0.3) is 0 Å². The maximum absolute atomic E-state index is 13.3. The largest absolute Gasteiger partial charge is 0.385 e. The molecule has 18 heteroatoms. The highest BCUT2D eigenvalue weighted by Crippen LogP contribution is 2.42. The molecule has 282 valence electrons. The zero-order valence-electron chi connectivity index (χ0n) is 30.2. The Morgan fingerprint density at radius 3 is 2.46 bits per heavy atom. The molecule has 0 radical (unpaired) electrons. The van der Waals surface area contributed by atoms with E-state index in [0.717, 1.165) is 51.0 Å². The standard InChI is InChI=1S/C36H39ClN10O5S2/c1-18-20(3)53-35-30(18)31(23-8-10-24(37)11-9-23)42-28(32-45-44-21(4)46(32)35)17-29(49)39-15-7-6-14-38-25-12-13-26(27(16-25)41-22(5)48)33(50)43-36-40-19(2)34(54-36)47(51)52/h8-13,16,28,32,38,45H,6-7,14-15,17H2,1-5H3,(H,39,49)(H,41,48)(H,40,43,50)/t28-,32?/m0/s1. The molecule has 0 saturated carbocycles. The fraction of sp³-hybridized carbons (Fsp3) is 0.333. The summed E-state index contributed by atoms with van der Waals surface area (Å²) < 4.78 is 0. The lowest BCUT2D eigenvalue weighted by molar-refractivity contribution is -0.380. The van der Waals surface area contributed by atoms with Crippen LogP contribution < -0.4 is 31.6 Å². The topological polar surface area (TPSA) is 195 Å². The van der Waals surface area contributed by atoms with Gasteiger partial charge in [-0.25, -0.2) is 4.98 Å². The highest BCUT2D eigenvalue weighted by Gasteiger charge is 2.41. The fourth-order valence-electron chi connectivity index (χ4n) is 6.24. The summed E-state index contributed by atoms with van der Waals surface area (Å²) in [5.74, 6) is -0.239. The zero-order chi connectivity index (χ0) is 38.7. The van der Waals surface area contributed by atoms with Crippen LogP contribution in [0.15, 0.2) is 52.6 Å². The molecular formula is C36H39ClN10O5S2. The summed E-state index contributed by atoms with van der Waals surface area (Å²) in [6, 6.07) is 12.1. The summed E-state index contributed by atoms with van der Waals surface area (Å²) in [7, 11) is 0. The number of hydrazone groups is 1. The molecule has 5 N–H and O–H groups in total. The number of halogens is 1. The lowest BCUT2D eigenvalue weighted by atomic mass is 9.99. The van der Waals surface area contributed by atoms with E-state index < -0.39 is 16.9 Å². The number of carbonyl (C=O) groups is 3. The molecule has 4 aromatic rings. The van der Waals surface area contributed by atoms with Crippen LogP contribution in [0.5, 0.6) is 0 Å². The van der Waals surface area contributed by atoms with Crippen molar-refractivity contribution in [3.05, 3.63) is 90.4 Å². The van der Waals surface area contributed by atoms with E-state index in [1.165, 1.54) is 18.7 Å². The number of unbranched alkanes of at least 4 members (excludes halogenated alkanes) is 1. The highest BCUT2D eigenvalue weighted by molar-refractivity contribution is 7.19. The second-order valence-corrected chi connectivity index (χ2v) is 15.5. The van der Waals surface area contributed by atoms with Gasteiger partial charge in [0.15, 0.2) is 5.13 Å². The van der Waals surface area contributed by atoms with Gasteiger partial charge in [0, 0.05) is 46.7 Å². The van der Waals surface area contributed by atoms with E-state index in [0.29, 0.717) is 30.2 Å². The number of aliphatic imine (C=N–C) groups is 1. The van der Waals surface area contributed by atoms with Crippen molar-refractivity contribution in [3.63, 3.8) is 0 Å². The number of aromatic nitrogens is 1. The van der Waals surface area contributed by atoms with E-state index in [1.54, 1.807) is 29.5 Å². The number of nitrogens with one attached hydrogen (secondary N) is 5. The Morgan fingerprint density at radius 2 is 1.76 bits per heavy atom. The number of amidine groups is 1. The lowest BCUT2D eigenvalue weighted by Gasteiger charge is -2.28. The number of nitro groups is 1. The molecule has 0 spiro atoms. The molecule has 2 aliphatic rings. The number of thiazole rings is 1. The summed E-state index contributed by atoms with van der Waals surface area (Å²) in [5, 5.41) is 28.9. The Labute approximate surface area is 324 Å². The van der Waals surface area contributed by atoms with Crippen molar-refractivity contribution in [3.8, 4) is 0 Å². The van der Waals surface area contributed by atoms with Crippen LogP contribution in [-0.2, 0) is 9.59 Å². The molecule has 2 atom stereocenters. The maximum atomic E-state index is 13.3. The molecule has 4 heterocycles. The van der Waals surface area contributed by atoms with Crippen LogP contribution >= 0.6 is 34.3 Å². The van der Waals surface area contributed by atoms with Gasteiger partial charge in [-0.3, -0.25) is 45.1 Å². The molecule has 15 nitrogen and oxygen atoms in total. The third-order valence-electron chi connectivity index (χ3n) is 8.97. The summed E-state index contributed by atoms with van der Waals surface area (Å²) >= 11 is 8.68. The van der Waals surface area contributed by atoms with Crippen LogP contribution in [0, 0.1) is 30.9 Å². The van der Waals surface area contributed by atoms with Gasteiger partial charge in [0.05, 0.1) is 34.3 Å². The van der Waals surface area contributed by atoms with E-state index in [4.69, 9.17) is 16.6 Å². The number of carbonyl (C=O) groups excluding carboxylic acids is 3. The Kier molecular flexibility index (Phi) is 11.6. The first-order valence-corrected chi connectivity index (χ1v) is 19.2. The van der Waals surface area contributed by atoms with Gasteiger partial charge in [0.2, 0.25) is 11.8 Å². The fourth-order valence-corrected chi connectivity index (χ4v) is 8.38. The van der Waals surface area contributed by atoms with E-state index in [-0.39, 0.29) is 51.5 Å². The molecule has 2 aromatic carbocycles. The van der Waals surface area contributed by atoms with Gasteiger partial charge in [0.25, 0.3) is 5.91 Å². The van der Waals surface area contributed by atoms with Crippen molar-refractivity contribution in [2.75, 3.05) is 33.9 Å². The Balaban J connectivity index is 1.05. The number of rotatable bonds is 13. The number of amides is 3. The number of aryl methyl sites for hydroxylation is 2. The monoisotopic (exact) mass is 790 g/mol. The van der Waals surface area contributed by atoms with Gasteiger partial charge < -0.3 is 16.0 Å². The average Bonchev–Trinajstić information content (AvgIpc) is 3.75. The van der Waals surface area contributed by atoms with Gasteiger partial charge in [-0.1, -0.05) is 23.7 Å². The third kappa shape index (κ3) is 8.37. The number of anilines is 4. The van der Waals surface area contributed by atoms with Crippen molar-refractivity contribution < 1.29 is 19.3 Å². The molecule has 3 amide bonds. The smallest absolute Gasteiger partial charge is 0.348 e. The van der Waals surface area contributed by atoms with Gasteiger partial charge >= 0.3 is 5.00 Å². The van der Waals surface area contributed by atoms with Crippen molar-refractivity contribution in [2.45, 2.75) is 66.1 Å². The quantitative estimate of drug-likeness (QED) is 0.0564. The summed E-state index contributed by atoms with van der Waals surface area (Å²) in [6.07, 6.45) is 1.27. The van der Waals surface area contributed by atoms with Crippen molar-refractivity contribution in [1.82, 2.24) is 15.7 Å².